The second-order valence-electron chi connectivity index (χ2n) is 4.73. The highest BCUT2D eigenvalue weighted by atomic mass is 35.5. The van der Waals surface area contributed by atoms with Crippen LogP contribution in [0.15, 0.2) is 24.5 Å². The minimum atomic E-state index is 0. The first-order chi connectivity index (χ1) is 7.42. The summed E-state index contributed by atoms with van der Waals surface area (Å²) in [5, 5.41) is 3.47. The van der Waals surface area contributed by atoms with E-state index in [1.807, 2.05) is 18.5 Å². The zero-order chi connectivity index (χ0) is 10.1. The maximum absolute atomic E-state index is 4.16. The quantitative estimate of drug-likeness (QED) is 0.840. The van der Waals surface area contributed by atoms with Gasteiger partial charge in [0.1, 0.15) is 0 Å². The molecule has 0 aliphatic carbocycles. The van der Waals surface area contributed by atoms with Crippen LogP contribution in [-0.4, -0.2) is 36.1 Å². The summed E-state index contributed by atoms with van der Waals surface area (Å²) >= 11 is 0. The minimum Gasteiger partial charge on any atom is -0.316 e. The van der Waals surface area contributed by atoms with Gasteiger partial charge in [-0.05, 0) is 36.6 Å². The van der Waals surface area contributed by atoms with Crippen molar-refractivity contribution in [3.63, 3.8) is 0 Å². The summed E-state index contributed by atoms with van der Waals surface area (Å²) in [6.07, 6.45) is 3.82. The number of pyridine rings is 1. The molecule has 3 heterocycles. The second kappa shape index (κ2) is 5.13. The van der Waals surface area contributed by atoms with E-state index in [-0.39, 0.29) is 12.4 Å². The molecule has 0 saturated carbocycles. The highest BCUT2D eigenvalue weighted by Crippen LogP contribution is 2.27. The van der Waals surface area contributed by atoms with Crippen LogP contribution in [0.1, 0.15) is 5.56 Å². The van der Waals surface area contributed by atoms with Crippen molar-refractivity contribution in [1.82, 2.24) is 15.2 Å². The molecule has 3 nitrogen and oxygen atoms in total. The number of fused-ring (bicyclic) bond motifs is 1. The predicted molar refractivity (Wildman–Crippen MR) is 66.6 cm³/mol. The molecule has 0 bridgehead atoms. The molecule has 2 aliphatic heterocycles. The minimum absolute atomic E-state index is 0. The van der Waals surface area contributed by atoms with Crippen LogP contribution in [0.25, 0.3) is 0 Å². The first-order valence-electron chi connectivity index (χ1n) is 5.74. The van der Waals surface area contributed by atoms with E-state index in [0.717, 1.165) is 18.4 Å². The van der Waals surface area contributed by atoms with Crippen molar-refractivity contribution in [2.24, 2.45) is 11.8 Å². The molecule has 0 radical (unpaired) electrons. The summed E-state index contributed by atoms with van der Waals surface area (Å²) < 4.78 is 0. The van der Waals surface area contributed by atoms with Gasteiger partial charge in [-0.3, -0.25) is 9.88 Å². The van der Waals surface area contributed by atoms with Gasteiger partial charge in [-0.2, -0.15) is 0 Å². The Hall–Kier alpha value is -0.640. The summed E-state index contributed by atoms with van der Waals surface area (Å²) in [4.78, 5) is 6.72. The third kappa shape index (κ3) is 2.37. The van der Waals surface area contributed by atoms with E-state index in [0.29, 0.717) is 0 Å². The van der Waals surface area contributed by atoms with Gasteiger partial charge >= 0.3 is 0 Å². The third-order valence-corrected chi connectivity index (χ3v) is 3.59. The maximum Gasteiger partial charge on any atom is 0.0312 e. The molecule has 0 spiro atoms. The fourth-order valence-corrected chi connectivity index (χ4v) is 2.83. The molecule has 4 heteroatoms. The van der Waals surface area contributed by atoms with Crippen LogP contribution < -0.4 is 5.32 Å². The maximum atomic E-state index is 4.16. The molecule has 1 aromatic rings. The summed E-state index contributed by atoms with van der Waals surface area (Å²) in [6.45, 7) is 6.02. The molecular weight excluding hydrogens is 222 g/mol. The molecule has 2 aliphatic rings. The molecule has 0 unspecified atom stereocenters. The molecule has 3 rings (SSSR count). The Morgan fingerprint density at radius 3 is 2.69 bits per heavy atom. The highest BCUT2D eigenvalue weighted by molar-refractivity contribution is 5.85. The van der Waals surface area contributed by atoms with Gasteiger partial charge in [0.15, 0.2) is 0 Å². The number of rotatable bonds is 2. The lowest BCUT2D eigenvalue weighted by Gasteiger charge is -2.16. The standard InChI is InChI=1S/C12H17N3.ClH/c1-2-10(4-13-3-1)7-15-8-11-5-14-6-12(11)9-15;/h1-4,11-12,14H,5-9H2;1H/t11-,12+;. The van der Waals surface area contributed by atoms with Crippen molar-refractivity contribution in [3.05, 3.63) is 30.1 Å². The lowest BCUT2D eigenvalue weighted by atomic mass is 10.0. The van der Waals surface area contributed by atoms with Crippen LogP contribution in [-0.2, 0) is 6.54 Å². The first-order valence-corrected chi connectivity index (χ1v) is 5.74. The molecule has 2 saturated heterocycles. The van der Waals surface area contributed by atoms with Crippen LogP contribution in [0.5, 0.6) is 0 Å². The van der Waals surface area contributed by atoms with E-state index < -0.39 is 0 Å². The second-order valence-corrected chi connectivity index (χ2v) is 4.73. The molecule has 0 amide bonds. The number of aromatic nitrogens is 1. The van der Waals surface area contributed by atoms with Crippen LogP contribution in [0.2, 0.25) is 0 Å². The van der Waals surface area contributed by atoms with Gasteiger partial charge in [-0.25, -0.2) is 0 Å². The van der Waals surface area contributed by atoms with E-state index in [2.05, 4.69) is 21.3 Å². The Morgan fingerprint density at radius 2 is 2.06 bits per heavy atom. The highest BCUT2D eigenvalue weighted by Gasteiger charge is 2.35. The van der Waals surface area contributed by atoms with Crippen molar-refractivity contribution in [2.45, 2.75) is 6.54 Å². The summed E-state index contributed by atoms with van der Waals surface area (Å²) in [6, 6.07) is 4.19. The Kier molecular flexibility index (Phi) is 3.79. The fraction of sp³-hybridized carbons (Fsp3) is 0.583. The fourth-order valence-electron chi connectivity index (χ4n) is 2.83. The normalized spacial score (nSPS) is 28.8. The molecule has 2 atom stereocenters. The summed E-state index contributed by atoms with van der Waals surface area (Å²) in [5.74, 6) is 1.78. The Bertz CT molecular complexity index is 318. The van der Waals surface area contributed by atoms with Crippen molar-refractivity contribution < 1.29 is 0 Å². The van der Waals surface area contributed by atoms with Gasteiger partial charge in [0, 0.05) is 32.0 Å². The van der Waals surface area contributed by atoms with Crippen LogP contribution in [0.4, 0.5) is 0 Å². The van der Waals surface area contributed by atoms with Crippen LogP contribution in [0, 0.1) is 11.8 Å². The summed E-state index contributed by atoms with van der Waals surface area (Å²) in [7, 11) is 0. The average molecular weight is 240 g/mol. The number of likely N-dealkylation sites (tertiary alicyclic amines) is 1. The Morgan fingerprint density at radius 1 is 1.31 bits per heavy atom. The smallest absolute Gasteiger partial charge is 0.0312 e. The van der Waals surface area contributed by atoms with E-state index in [1.54, 1.807) is 0 Å². The van der Waals surface area contributed by atoms with Gasteiger partial charge in [-0.1, -0.05) is 6.07 Å². The number of nitrogens with zero attached hydrogens (tertiary/aromatic N) is 2. The predicted octanol–water partition coefficient (Wildman–Crippen LogP) is 1.15. The first kappa shape index (κ1) is 11.8. The van der Waals surface area contributed by atoms with E-state index in [4.69, 9.17) is 0 Å². The van der Waals surface area contributed by atoms with Gasteiger partial charge in [0.05, 0.1) is 0 Å². The summed E-state index contributed by atoms with van der Waals surface area (Å²) in [5.41, 5.74) is 1.34. The van der Waals surface area contributed by atoms with E-state index in [9.17, 15) is 0 Å². The molecule has 1 N–H and O–H groups in total. The van der Waals surface area contributed by atoms with Gasteiger partial charge in [0.2, 0.25) is 0 Å². The largest absolute Gasteiger partial charge is 0.316 e. The molecule has 88 valence electrons. The zero-order valence-corrected chi connectivity index (χ0v) is 10.1. The number of halogens is 1. The number of nitrogens with one attached hydrogen (secondary N) is 1. The zero-order valence-electron chi connectivity index (χ0n) is 9.30. The van der Waals surface area contributed by atoms with Gasteiger partial charge in [-0.15, -0.1) is 12.4 Å². The Labute approximate surface area is 103 Å². The molecule has 16 heavy (non-hydrogen) atoms. The molecule has 0 aromatic carbocycles. The van der Waals surface area contributed by atoms with E-state index >= 15 is 0 Å². The van der Waals surface area contributed by atoms with Crippen molar-refractivity contribution >= 4 is 12.4 Å². The monoisotopic (exact) mass is 239 g/mol. The Balaban J connectivity index is 0.000000963. The molecule has 1 aromatic heterocycles. The molecular formula is C12H18ClN3. The van der Waals surface area contributed by atoms with E-state index in [1.165, 1.54) is 31.7 Å². The van der Waals surface area contributed by atoms with Crippen LogP contribution in [0.3, 0.4) is 0 Å². The number of hydrogen-bond donors (Lipinski definition) is 1. The van der Waals surface area contributed by atoms with Gasteiger partial charge < -0.3 is 5.32 Å². The van der Waals surface area contributed by atoms with Crippen LogP contribution >= 0.6 is 12.4 Å². The average Bonchev–Trinajstić information content (AvgIpc) is 2.79. The SMILES string of the molecule is Cl.c1cncc(CN2C[C@H]3CNC[C@H]3C2)c1. The van der Waals surface area contributed by atoms with Crippen molar-refractivity contribution in [2.75, 3.05) is 26.2 Å². The van der Waals surface area contributed by atoms with Gasteiger partial charge in [0.25, 0.3) is 0 Å². The topological polar surface area (TPSA) is 28.2 Å². The lowest BCUT2D eigenvalue weighted by molar-refractivity contribution is 0.305. The molecule has 2 fully saturated rings. The lowest BCUT2D eigenvalue weighted by Crippen LogP contribution is -2.25. The third-order valence-electron chi connectivity index (χ3n) is 3.59. The van der Waals surface area contributed by atoms with Crippen molar-refractivity contribution in [3.8, 4) is 0 Å². The van der Waals surface area contributed by atoms with Crippen molar-refractivity contribution in [1.29, 1.82) is 0 Å². The number of hydrogen-bond acceptors (Lipinski definition) is 3.